The Bertz CT molecular complexity index is 702. The van der Waals surface area contributed by atoms with Crippen molar-refractivity contribution in [3.8, 4) is 0 Å². The minimum absolute atomic E-state index is 0.0753. The highest BCUT2D eigenvalue weighted by Gasteiger charge is 2.68. The second-order valence-corrected chi connectivity index (χ2v) is 8.85. The molecule has 2 atom stereocenters. The first kappa shape index (κ1) is 21.6. The lowest BCUT2D eigenvalue weighted by Crippen LogP contribution is -2.51. The molecule has 2 rings (SSSR count). The van der Waals surface area contributed by atoms with Crippen LogP contribution in [0.1, 0.15) is 60.8 Å². The van der Waals surface area contributed by atoms with E-state index in [1.54, 1.807) is 41.5 Å². The third-order valence-corrected chi connectivity index (χ3v) is 3.92. The molecule has 28 heavy (non-hydrogen) atoms. The molecule has 0 aromatic heterocycles. The molecule has 1 saturated carbocycles. The molecule has 0 aromatic rings. The summed E-state index contributed by atoms with van der Waals surface area (Å²) in [4.78, 5) is 65.6. The Morgan fingerprint density at radius 3 is 1.93 bits per heavy atom. The Morgan fingerprint density at radius 2 is 1.46 bits per heavy atom. The average Bonchev–Trinajstić information content (AvgIpc) is 3.13. The molecule has 0 spiro atoms. The molecule has 3 amide bonds. The normalized spacial score (nSPS) is 24.6. The van der Waals surface area contributed by atoms with Crippen LogP contribution >= 0.6 is 0 Å². The van der Waals surface area contributed by atoms with Crippen LogP contribution in [0.3, 0.4) is 0 Å². The Labute approximate surface area is 162 Å². The van der Waals surface area contributed by atoms with Crippen molar-refractivity contribution in [1.82, 2.24) is 10.4 Å². The molecule has 0 radical (unpaired) electrons. The Morgan fingerprint density at radius 1 is 0.964 bits per heavy atom. The lowest BCUT2D eigenvalue weighted by Gasteiger charge is -2.25. The quantitative estimate of drug-likeness (QED) is 0.553. The van der Waals surface area contributed by atoms with Gasteiger partial charge in [0.05, 0.1) is 5.92 Å². The monoisotopic (exact) mass is 398 g/mol. The number of esters is 1. The van der Waals surface area contributed by atoms with Crippen molar-refractivity contribution in [3.63, 3.8) is 0 Å². The number of nitrogens with zero attached hydrogens (tertiary/aromatic N) is 1. The third kappa shape index (κ3) is 4.99. The van der Waals surface area contributed by atoms with Crippen molar-refractivity contribution in [1.29, 1.82) is 0 Å². The highest BCUT2D eigenvalue weighted by atomic mass is 16.7. The highest BCUT2D eigenvalue weighted by Crippen LogP contribution is 2.46. The first-order valence-corrected chi connectivity index (χ1v) is 8.97. The van der Waals surface area contributed by atoms with Crippen LogP contribution in [-0.2, 0) is 33.5 Å². The molecule has 0 aromatic carbocycles. The van der Waals surface area contributed by atoms with E-state index in [4.69, 9.17) is 14.3 Å². The summed E-state index contributed by atoms with van der Waals surface area (Å²) >= 11 is 0. The maximum Gasteiger partial charge on any atom is 0.408 e. The molecule has 1 saturated heterocycles. The SMILES string of the molecule is CC(C)(C)OC(=O)NC1(C(=O)ON2C(=O)CCC2=O)CC1C(=O)OC(C)(C)C. The van der Waals surface area contributed by atoms with Gasteiger partial charge in [0.1, 0.15) is 11.2 Å². The molecule has 1 aliphatic heterocycles. The van der Waals surface area contributed by atoms with E-state index in [1.807, 2.05) is 0 Å². The van der Waals surface area contributed by atoms with E-state index in [0.29, 0.717) is 5.06 Å². The Balaban J connectivity index is 2.19. The van der Waals surface area contributed by atoms with E-state index in [9.17, 15) is 24.0 Å². The molecule has 2 aliphatic rings. The van der Waals surface area contributed by atoms with Gasteiger partial charge in [0.25, 0.3) is 11.8 Å². The molecule has 1 N–H and O–H groups in total. The first-order valence-electron chi connectivity index (χ1n) is 8.97. The van der Waals surface area contributed by atoms with E-state index in [1.165, 1.54) is 0 Å². The summed E-state index contributed by atoms with van der Waals surface area (Å²) in [6, 6.07) is 0. The molecule has 10 nitrogen and oxygen atoms in total. The van der Waals surface area contributed by atoms with Crippen molar-refractivity contribution in [2.45, 2.75) is 77.5 Å². The highest BCUT2D eigenvalue weighted by molar-refractivity contribution is 6.03. The Hall–Kier alpha value is -2.65. The zero-order chi connectivity index (χ0) is 21.5. The molecule has 1 heterocycles. The van der Waals surface area contributed by atoms with Gasteiger partial charge in [0.15, 0.2) is 5.54 Å². The van der Waals surface area contributed by atoms with Crippen LogP contribution in [-0.4, -0.2) is 51.7 Å². The van der Waals surface area contributed by atoms with E-state index < -0.39 is 52.5 Å². The maximum atomic E-state index is 12.7. The van der Waals surface area contributed by atoms with Crippen LogP contribution < -0.4 is 5.32 Å². The van der Waals surface area contributed by atoms with Crippen molar-refractivity contribution in [3.05, 3.63) is 0 Å². The number of rotatable bonds is 4. The summed E-state index contributed by atoms with van der Waals surface area (Å²) in [5.41, 5.74) is -3.41. The fourth-order valence-corrected chi connectivity index (χ4v) is 2.64. The van der Waals surface area contributed by atoms with Crippen molar-refractivity contribution < 1.29 is 38.3 Å². The Kier molecular flexibility index (Phi) is 5.46. The van der Waals surface area contributed by atoms with Gasteiger partial charge in [-0.2, -0.15) is 0 Å². The summed E-state index contributed by atoms with van der Waals surface area (Å²) in [6.45, 7) is 9.90. The molecule has 156 valence electrons. The number of carbonyl (C=O) groups is 5. The summed E-state index contributed by atoms with van der Waals surface area (Å²) in [5.74, 6) is -4.17. The van der Waals surface area contributed by atoms with Gasteiger partial charge in [-0.25, -0.2) is 9.59 Å². The van der Waals surface area contributed by atoms with Gasteiger partial charge in [0, 0.05) is 12.8 Å². The zero-order valence-corrected chi connectivity index (χ0v) is 16.9. The molecule has 2 fully saturated rings. The summed E-state index contributed by atoms with van der Waals surface area (Å²) in [7, 11) is 0. The number of alkyl carbamates (subject to hydrolysis) is 1. The molecular formula is C18H26N2O8. The minimum Gasteiger partial charge on any atom is -0.460 e. The van der Waals surface area contributed by atoms with Crippen LogP contribution in [0, 0.1) is 5.92 Å². The predicted octanol–water partition coefficient (Wildman–Crippen LogP) is 1.22. The van der Waals surface area contributed by atoms with E-state index in [0.717, 1.165) is 0 Å². The number of ether oxygens (including phenoxy) is 2. The smallest absolute Gasteiger partial charge is 0.408 e. The molecular weight excluding hydrogens is 372 g/mol. The van der Waals surface area contributed by atoms with Gasteiger partial charge in [0.2, 0.25) is 0 Å². The minimum atomic E-state index is -1.77. The third-order valence-electron chi connectivity index (χ3n) is 3.92. The van der Waals surface area contributed by atoms with Gasteiger partial charge in [-0.3, -0.25) is 14.4 Å². The largest absolute Gasteiger partial charge is 0.460 e. The van der Waals surface area contributed by atoms with Gasteiger partial charge in [-0.05, 0) is 48.0 Å². The zero-order valence-electron chi connectivity index (χ0n) is 16.9. The van der Waals surface area contributed by atoms with E-state index in [2.05, 4.69) is 5.32 Å². The lowest BCUT2D eigenvalue weighted by atomic mass is 10.1. The second kappa shape index (κ2) is 7.06. The van der Waals surface area contributed by atoms with Crippen molar-refractivity contribution in [2.24, 2.45) is 5.92 Å². The predicted molar refractivity (Wildman–Crippen MR) is 93.2 cm³/mol. The molecule has 2 unspecified atom stereocenters. The number of hydroxylamine groups is 2. The van der Waals surface area contributed by atoms with Crippen LogP contribution in [0.25, 0.3) is 0 Å². The van der Waals surface area contributed by atoms with E-state index in [-0.39, 0.29) is 19.3 Å². The number of imide groups is 1. The fourth-order valence-electron chi connectivity index (χ4n) is 2.64. The summed E-state index contributed by atoms with van der Waals surface area (Å²) in [5, 5.41) is 2.72. The summed E-state index contributed by atoms with van der Waals surface area (Å²) in [6.07, 6.45) is -1.19. The number of carbonyl (C=O) groups excluding carboxylic acids is 5. The van der Waals surface area contributed by atoms with Crippen LogP contribution in [0.15, 0.2) is 0 Å². The second-order valence-electron chi connectivity index (χ2n) is 8.85. The average molecular weight is 398 g/mol. The van der Waals surface area contributed by atoms with Crippen LogP contribution in [0.5, 0.6) is 0 Å². The number of amides is 3. The number of hydrogen-bond donors (Lipinski definition) is 1. The number of nitrogens with one attached hydrogen (secondary N) is 1. The molecule has 1 aliphatic carbocycles. The standard InChI is InChI=1S/C18H26N2O8/c1-16(2,3)26-13(23)10-9-18(10,19-15(25)27-17(4,5)6)14(24)28-20-11(21)7-8-12(20)22/h10H,7-9H2,1-6H3,(H,19,25). The topological polar surface area (TPSA) is 128 Å². The van der Waals surface area contributed by atoms with Gasteiger partial charge in [-0.1, -0.05) is 0 Å². The number of hydrogen-bond acceptors (Lipinski definition) is 8. The van der Waals surface area contributed by atoms with Crippen molar-refractivity contribution >= 4 is 29.8 Å². The van der Waals surface area contributed by atoms with Gasteiger partial charge < -0.3 is 19.6 Å². The van der Waals surface area contributed by atoms with Gasteiger partial charge >= 0.3 is 18.0 Å². The van der Waals surface area contributed by atoms with Gasteiger partial charge in [-0.15, -0.1) is 5.06 Å². The maximum absolute atomic E-state index is 12.7. The van der Waals surface area contributed by atoms with Crippen LogP contribution in [0.2, 0.25) is 0 Å². The summed E-state index contributed by atoms with van der Waals surface area (Å²) < 4.78 is 10.4. The molecule has 10 heteroatoms. The van der Waals surface area contributed by atoms with E-state index >= 15 is 0 Å². The lowest BCUT2D eigenvalue weighted by molar-refractivity contribution is -0.200. The fraction of sp³-hybridized carbons (Fsp3) is 0.722. The van der Waals surface area contributed by atoms with Crippen LogP contribution in [0.4, 0.5) is 4.79 Å². The van der Waals surface area contributed by atoms with Crippen molar-refractivity contribution in [2.75, 3.05) is 0 Å². The molecule has 0 bridgehead atoms. The first-order chi connectivity index (χ1) is 12.6.